The molecule has 0 aromatic heterocycles. The van der Waals surface area contributed by atoms with Gasteiger partial charge in [0.15, 0.2) is 0 Å². The van der Waals surface area contributed by atoms with Crippen molar-refractivity contribution < 1.29 is 4.79 Å². The Morgan fingerprint density at radius 1 is 1.31 bits per heavy atom. The molecule has 1 aliphatic carbocycles. The summed E-state index contributed by atoms with van der Waals surface area (Å²) in [5, 5.41) is 3.51. The van der Waals surface area contributed by atoms with Crippen molar-refractivity contribution in [3.8, 4) is 0 Å². The highest BCUT2D eigenvalue weighted by atomic mass is 16.1. The van der Waals surface area contributed by atoms with Crippen LogP contribution in [-0.2, 0) is 4.79 Å². The normalized spacial score (nSPS) is 26.7. The molecule has 0 radical (unpaired) electrons. The Balaban J connectivity index is 2.44. The third kappa shape index (κ3) is 4.12. The van der Waals surface area contributed by atoms with Crippen molar-refractivity contribution in [3.63, 3.8) is 0 Å². The number of nitrogens with two attached hydrogens (primary N) is 1. The molecule has 1 aliphatic rings. The molecule has 1 amide bonds. The van der Waals surface area contributed by atoms with Crippen LogP contribution in [0.15, 0.2) is 0 Å². The van der Waals surface area contributed by atoms with Crippen LogP contribution in [0, 0.1) is 11.3 Å². The van der Waals surface area contributed by atoms with Crippen LogP contribution in [-0.4, -0.2) is 18.5 Å². The molecule has 0 aliphatic heterocycles. The van der Waals surface area contributed by atoms with Crippen LogP contribution in [0.25, 0.3) is 0 Å². The van der Waals surface area contributed by atoms with Gasteiger partial charge in [0.05, 0.1) is 0 Å². The first-order chi connectivity index (χ1) is 7.41. The second-order valence-corrected chi connectivity index (χ2v) is 6.03. The molecule has 1 saturated carbocycles. The summed E-state index contributed by atoms with van der Waals surface area (Å²) in [5.41, 5.74) is 5.50. The number of primary amides is 1. The molecule has 0 spiro atoms. The topological polar surface area (TPSA) is 55.1 Å². The van der Waals surface area contributed by atoms with Crippen molar-refractivity contribution >= 4 is 5.91 Å². The quantitative estimate of drug-likeness (QED) is 0.771. The monoisotopic (exact) mass is 226 g/mol. The SMILES string of the molecule is CC(C)(C)C1CCCCC1NCCC(N)=O. The van der Waals surface area contributed by atoms with Crippen molar-refractivity contribution in [2.45, 2.75) is 58.9 Å². The van der Waals surface area contributed by atoms with E-state index in [4.69, 9.17) is 5.73 Å². The third-order valence-electron chi connectivity index (χ3n) is 3.66. The summed E-state index contributed by atoms with van der Waals surface area (Å²) in [5.74, 6) is 0.504. The van der Waals surface area contributed by atoms with E-state index in [-0.39, 0.29) is 5.91 Å². The summed E-state index contributed by atoms with van der Waals surface area (Å²) in [6, 6.07) is 0.563. The fraction of sp³-hybridized carbons (Fsp3) is 0.923. The van der Waals surface area contributed by atoms with Gasteiger partial charge in [-0.05, 0) is 24.2 Å². The molecule has 3 heteroatoms. The van der Waals surface area contributed by atoms with E-state index in [0.717, 1.165) is 6.54 Å². The highest BCUT2D eigenvalue weighted by Crippen LogP contribution is 2.37. The molecule has 2 unspecified atom stereocenters. The van der Waals surface area contributed by atoms with Gasteiger partial charge in [0, 0.05) is 19.0 Å². The van der Waals surface area contributed by atoms with Crippen LogP contribution in [0.1, 0.15) is 52.9 Å². The Morgan fingerprint density at radius 3 is 2.50 bits per heavy atom. The lowest BCUT2D eigenvalue weighted by Gasteiger charge is -2.41. The minimum absolute atomic E-state index is 0.212. The summed E-state index contributed by atoms with van der Waals surface area (Å²) in [7, 11) is 0. The van der Waals surface area contributed by atoms with Crippen LogP contribution < -0.4 is 11.1 Å². The fourth-order valence-corrected chi connectivity index (χ4v) is 2.79. The van der Waals surface area contributed by atoms with Gasteiger partial charge >= 0.3 is 0 Å². The van der Waals surface area contributed by atoms with Crippen LogP contribution in [0.2, 0.25) is 0 Å². The average molecular weight is 226 g/mol. The van der Waals surface area contributed by atoms with E-state index in [2.05, 4.69) is 26.1 Å². The Labute approximate surface area is 99.2 Å². The lowest BCUT2D eigenvalue weighted by atomic mass is 9.69. The number of carbonyl (C=O) groups excluding carboxylic acids is 1. The van der Waals surface area contributed by atoms with E-state index in [1.165, 1.54) is 25.7 Å². The van der Waals surface area contributed by atoms with E-state index in [1.54, 1.807) is 0 Å². The van der Waals surface area contributed by atoms with Gasteiger partial charge in [0.2, 0.25) is 5.91 Å². The maximum atomic E-state index is 10.7. The molecule has 1 rings (SSSR count). The minimum atomic E-state index is -0.212. The zero-order chi connectivity index (χ0) is 12.2. The summed E-state index contributed by atoms with van der Waals surface area (Å²) < 4.78 is 0. The predicted molar refractivity (Wildman–Crippen MR) is 67.0 cm³/mol. The number of rotatable bonds is 4. The number of nitrogens with one attached hydrogen (secondary N) is 1. The predicted octanol–water partition coefficient (Wildman–Crippen LogP) is 2.06. The van der Waals surface area contributed by atoms with Crippen molar-refractivity contribution in [2.24, 2.45) is 17.1 Å². The summed E-state index contributed by atoms with van der Waals surface area (Å²) in [6.07, 6.45) is 5.64. The third-order valence-corrected chi connectivity index (χ3v) is 3.66. The maximum Gasteiger partial charge on any atom is 0.218 e. The average Bonchev–Trinajstić information content (AvgIpc) is 2.16. The van der Waals surface area contributed by atoms with Gasteiger partial charge in [-0.15, -0.1) is 0 Å². The largest absolute Gasteiger partial charge is 0.370 e. The zero-order valence-corrected chi connectivity index (χ0v) is 10.9. The van der Waals surface area contributed by atoms with Gasteiger partial charge in [-0.2, -0.15) is 0 Å². The second-order valence-electron chi connectivity index (χ2n) is 6.03. The molecular weight excluding hydrogens is 200 g/mol. The van der Waals surface area contributed by atoms with E-state index in [1.807, 2.05) is 0 Å². The molecule has 0 aromatic rings. The first-order valence-electron chi connectivity index (χ1n) is 6.43. The Hall–Kier alpha value is -0.570. The lowest BCUT2D eigenvalue weighted by Crippen LogP contribution is -2.45. The van der Waals surface area contributed by atoms with Crippen LogP contribution in [0.3, 0.4) is 0 Å². The van der Waals surface area contributed by atoms with Crippen LogP contribution in [0.4, 0.5) is 0 Å². The lowest BCUT2D eigenvalue weighted by molar-refractivity contribution is -0.117. The van der Waals surface area contributed by atoms with Crippen molar-refractivity contribution in [3.05, 3.63) is 0 Å². The first kappa shape index (κ1) is 13.5. The van der Waals surface area contributed by atoms with Gasteiger partial charge in [0.25, 0.3) is 0 Å². The van der Waals surface area contributed by atoms with Crippen molar-refractivity contribution in [2.75, 3.05) is 6.54 Å². The standard InChI is InChI=1S/C13H26N2O/c1-13(2,3)10-6-4-5-7-11(10)15-9-8-12(14)16/h10-11,15H,4-9H2,1-3H3,(H2,14,16). The van der Waals surface area contributed by atoms with E-state index in [9.17, 15) is 4.79 Å². The summed E-state index contributed by atoms with van der Waals surface area (Å²) in [6.45, 7) is 7.66. The first-order valence-corrected chi connectivity index (χ1v) is 6.43. The van der Waals surface area contributed by atoms with Gasteiger partial charge in [-0.3, -0.25) is 4.79 Å². The second kappa shape index (κ2) is 5.67. The molecule has 94 valence electrons. The smallest absolute Gasteiger partial charge is 0.218 e. The van der Waals surface area contributed by atoms with Gasteiger partial charge in [-0.25, -0.2) is 0 Å². The molecule has 0 saturated heterocycles. The molecule has 2 atom stereocenters. The highest BCUT2D eigenvalue weighted by Gasteiger charge is 2.33. The molecular formula is C13H26N2O. The van der Waals surface area contributed by atoms with Gasteiger partial charge in [-0.1, -0.05) is 33.6 Å². The van der Waals surface area contributed by atoms with E-state index >= 15 is 0 Å². The molecule has 0 heterocycles. The van der Waals surface area contributed by atoms with Crippen LogP contribution in [0.5, 0.6) is 0 Å². The summed E-state index contributed by atoms with van der Waals surface area (Å²) in [4.78, 5) is 10.7. The number of amides is 1. The maximum absolute atomic E-state index is 10.7. The number of hydrogen-bond donors (Lipinski definition) is 2. The Bertz CT molecular complexity index is 233. The van der Waals surface area contributed by atoms with Crippen LogP contribution >= 0.6 is 0 Å². The zero-order valence-electron chi connectivity index (χ0n) is 10.9. The molecule has 0 aromatic carbocycles. The van der Waals surface area contributed by atoms with Crippen molar-refractivity contribution in [1.29, 1.82) is 0 Å². The highest BCUT2D eigenvalue weighted by molar-refractivity contribution is 5.73. The molecule has 1 fully saturated rings. The molecule has 0 bridgehead atoms. The molecule has 3 N–H and O–H groups in total. The van der Waals surface area contributed by atoms with Gasteiger partial charge < -0.3 is 11.1 Å². The number of carbonyl (C=O) groups is 1. The Kier molecular flexibility index (Phi) is 4.78. The minimum Gasteiger partial charge on any atom is -0.370 e. The van der Waals surface area contributed by atoms with Gasteiger partial charge in [0.1, 0.15) is 0 Å². The number of hydrogen-bond acceptors (Lipinski definition) is 2. The van der Waals surface area contributed by atoms with Crippen molar-refractivity contribution in [1.82, 2.24) is 5.32 Å². The van der Waals surface area contributed by atoms with E-state index < -0.39 is 0 Å². The molecule has 16 heavy (non-hydrogen) atoms. The summed E-state index contributed by atoms with van der Waals surface area (Å²) >= 11 is 0. The fourth-order valence-electron chi connectivity index (χ4n) is 2.79. The van der Waals surface area contributed by atoms with E-state index in [0.29, 0.717) is 23.8 Å². The molecule has 3 nitrogen and oxygen atoms in total. The Morgan fingerprint density at radius 2 is 1.94 bits per heavy atom.